The van der Waals surface area contributed by atoms with Crippen molar-refractivity contribution >= 4 is 24.3 Å². The molecule has 8 nitrogen and oxygen atoms in total. The highest BCUT2D eigenvalue weighted by Gasteiger charge is 2.23. The first-order valence-corrected chi connectivity index (χ1v) is 8.34. The van der Waals surface area contributed by atoms with Crippen LogP contribution in [0.4, 0.5) is 11.8 Å². The fraction of sp³-hybridized carbons (Fsp3) is 0.333. The van der Waals surface area contributed by atoms with E-state index in [9.17, 15) is 0 Å². The summed E-state index contributed by atoms with van der Waals surface area (Å²) in [5, 5.41) is 3.19. The van der Waals surface area contributed by atoms with E-state index in [1.54, 1.807) is 12.5 Å². The van der Waals surface area contributed by atoms with Gasteiger partial charge in [-0.15, -0.1) is 0 Å². The zero-order valence-corrected chi connectivity index (χ0v) is 15.5. The summed E-state index contributed by atoms with van der Waals surface area (Å²) in [6.45, 7) is 10.2. The minimum atomic E-state index is 0.268. The van der Waals surface area contributed by atoms with E-state index in [2.05, 4.69) is 43.8 Å². The van der Waals surface area contributed by atoms with E-state index in [0.717, 1.165) is 17.2 Å². The van der Waals surface area contributed by atoms with Crippen LogP contribution < -0.4 is 15.0 Å². The molecular formula is C18H23N7O. The third-order valence-electron chi connectivity index (χ3n) is 4.14. The van der Waals surface area contributed by atoms with Crippen LogP contribution in [-0.2, 0) is 0 Å². The van der Waals surface area contributed by atoms with Crippen molar-refractivity contribution in [2.75, 3.05) is 23.9 Å². The van der Waals surface area contributed by atoms with Crippen molar-refractivity contribution in [2.24, 2.45) is 4.99 Å². The highest BCUT2D eigenvalue weighted by molar-refractivity contribution is 5.57. The number of likely N-dealkylation sites (N-methyl/N-ethyl adjacent to an activating group) is 1. The molecule has 3 heterocycles. The second kappa shape index (κ2) is 7.38. The summed E-state index contributed by atoms with van der Waals surface area (Å²) < 4.78 is 7.48. The van der Waals surface area contributed by atoms with Crippen LogP contribution in [0.15, 0.2) is 41.6 Å². The maximum absolute atomic E-state index is 5.66. The molecule has 8 heteroatoms. The van der Waals surface area contributed by atoms with Crippen LogP contribution in [-0.4, -0.2) is 45.9 Å². The molecule has 1 atom stereocenters. The van der Waals surface area contributed by atoms with Crippen molar-refractivity contribution < 1.29 is 4.74 Å². The molecule has 0 aliphatic carbocycles. The SMILES string of the molecule is C=N/C(=C\C=C(/C)Nc1ncc2c(n1)N(C)C(C)CO2)n1cnc(C)c1. The van der Waals surface area contributed by atoms with Crippen LogP contribution >= 0.6 is 0 Å². The summed E-state index contributed by atoms with van der Waals surface area (Å²) in [6, 6.07) is 0.268. The third-order valence-corrected chi connectivity index (χ3v) is 4.14. The molecule has 26 heavy (non-hydrogen) atoms. The Hall–Kier alpha value is -3.16. The minimum absolute atomic E-state index is 0.268. The molecule has 0 saturated carbocycles. The number of nitrogens with one attached hydrogen (secondary N) is 1. The summed E-state index contributed by atoms with van der Waals surface area (Å²) in [6.07, 6.45) is 9.04. The summed E-state index contributed by atoms with van der Waals surface area (Å²) in [5.41, 5.74) is 1.79. The van der Waals surface area contributed by atoms with Crippen molar-refractivity contribution in [3.05, 3.63) is 42.3 Å². The van der Waals surface area contributed by atoms with Crippen molar-refractivity contribution in [3.8, 4) is 5.75 Å². The Balaban J connectivity index is 1.77. The minimum Gasteiger partial charge on any atom is -0.486 e. The van der Waals surface area contributed by atoms with Gasteiger partial charge in [-0.25, -0.2) is 15.0 Å². The van der Waals surface area contributed by atoms with Gasteiger partial charge < -0.3 is 15.0 Å². The first kappa shape index (κ1) is 17.7. The molecular weight excluding hydrogens is 330 g/mol. The number of anilines is 2. The molecule has 0 bridgehead atoms. The Morgan fingerprint density at radius 3 is 2.92 bits per heavy atom. The highest BCUT2D eigenvalue weighted by Crippen LogP contribution is 2.30. The highest BCUT2D eigenvalue weighted by atomic mass is 16.5. The van der Waals surface area contributed by atoms with Gasteiger partial charge in [0.25, 0.3) is 0 Å². The lowest BCUT2D eigenvalue weighted by Gasteiger charge is -2.32. The number of hydrogen-bond acceptors (Lipinski definition) is 7. The largest absolute Gasteiger partial charge is 0.486 e. The molecule has 1 aliphatic rings. The monoisotopic (exact) mass is 353 g/mol. The summed E-state index contributed by atoms with van der Waals surface area (Å²) in [4.78, 5) is 19.2. The Morgan fingerprint density at radius 2 is 2.23 bits per heavy atom. The summed E-state index contributed by atoms with van der Waals surface area (Å²) in [7, 11) is 2.00. The van der Waals surface area contributed by atoms with Crippen LogP contribution in [0, 0.1) is 6.92 Å². The van der Waals surface area contributed by atoms with Gasteiger partial charge >= 0.3 is 0 Å². The van der Waals surface area contributed by atoms with Crippen molar-refractivity contribution in [3.63, 3.8) is 0 Å². The molecule has 0 aromatic carbocycles. The molecule has 1 unspecified atom stereocenters. The molecule has 0 fully saturated rings. The van der Waals surface area contributed by atoms with E-state index < -0.39 is 0 Å². The fourth-order valence-corrected chi connectivity index (χ4v) is 2.49. The van der Waals surface area contributed by atoms with Gasteiger partial charge in [0.1, 0.15) is 18.8 Å². The van der Waals surface area contributed by atoms with Crippen LogP contribution in [0.25, 0.3) is 5.82 Å². The molecule has 136 valence electrons. The van der Waals surface area contributed by atoms with Crippen LogP contribution in [0.2, 0.25) is 0 Å². The first-order valence-electron chi connectivity index (χ1n) is 8.34. The number of ether oxygens (including phenoxy) is 1. The Morgan fingerprint density at radius 1 is 1.42 bits per heavy atom. The first-order chi connectivity index (χ1) is 12.5. The number of hydrogen-bond donors (Lipinski definition) is 1. The van der Waals surface area contributed by atoms with Crippen molar-refractivity contribution in [1.82, 2.24) is 19.5 Å². The number of allylic oxidation sites excluding steroid dienone is 3. The second-order valence-corrected chi connectivity index (χ2v) is 6.23. The Labute approximate surface area is 153 Å². The third kappa shape index (κ3) is 3.74. The van der Waals surface area contributed by atoms with E-state index in [0.29, 0.717) is 24.1 Å². The molecule has 0 saturated heterocycles. The van der Waals surface area contributed by atoms with Gasteiger partial charge in [0.15, 0.2) is 11.6 Å². The lowest BCUT2D eigenvalue weighted by Crippen LogP contribution is -2.38. The van der Waals surface area contributed by atoms with Gasteiger partial charge in [-0.05, 0) is 39.6 Å². The molecule has 0 amide bonds. The van der Waals surface area contributed by atoms with Crippen molar-refractivity contribution in [2.45, 2.75) is 26.8 Å². The van der Waals surface area contributed by atoms with Crippen LogP contribution in [0.3, 0.4) is 0 Å². The van der Waals surface area contributed by atoms with Gasteiger partial charge in [0.05, 0.1) is 17.9 Å². The van der Waals surface area contributed by atoms with Gasteiger partial charge in [0, 0.05) is 18.9 Å². The molecule has 0 spiro atoms. The maximum atomic E-state index is 5.66. The van der Waals surface area contributed by atoms with Gasteiger partial charge in [0.2, 0.25) is 5.95 Å². The van der Waals surface area contributed by atoms with Crippen molar-refractivity contribution in [1.29, 1.82) is 0 Å². The number of aryl methyl sites for hydroxylation is 1. The molecule has 2 aromatic heterocycles. The summed E-state index contributed by atoms with van der Waals surface area (Å²) >= 11 is 0. The molecule has 3 rings (SSSR count). The van der Waals surface area contributed by atoms with Crippen LogP contribution in [0.5, 0.6) is 5.75 Å². The molecule has 1 N–H and O–H groups in total. The zero-order valence-electron chi connectivity index (χ0n) is 15.5. The molecule has 2 aromatic rings. The standard InChI is InChI=1S/C18H23N7O/c1-12(6-7-16(19-4)25-9-13(2)21-11-25)22-18-20-8-15-17(23-18)24(5)14(3)10-26-15/h6-9,11,14H,4,10H2,1-3,5H3,(H,20,22,23)/b12-6+,16-7+. The average Bonchev–Trinajstić information content (AvgIpc) is 3.05. The Bertz CT molecular complexity index is 868. The predicted octanol–water partition coefficient (Wildman–Crippen LogP) is 2.71. The predicted molar refractivity (Wildman–Crippen MR) is 104 cm³/mol. The maximum Gasteiger partial charge on any atom is 0.229 e. The Kier molecular flexibility index (Phi) is 5.01. The molecule has 1 aliphatic heterocycles. The van der Waals surface area contributed by atoms with Crippen LogP contribution in [0.1, 0.15) is 19.5 Å². The lowest BCUT2D eigenvalue weighted by atomic mass is 10.2. The topological polar surface area (TPSA) is 80.5 Å². The van der Waals surface area contributed by atoms with E-state index in [1.165, 1.54) is 0 Å². The zero-order chi connectivity index (χ0) is 18.7. The van der Waals surface area contributed by atoms with Gasteiger partial charge in [-0.1, -0.05) is 0 Å². The van der Waals surface area contributed by atoms with Gasteiger partial charge in [-0.2, -0.15) is 4.98 Å². The van der Waals surface area contributed by atoms with E-state index in [4.69, 9.17) is 4.74 Å². The number of imidazole rings is 1. The fourth-order valence-electron chi connectivity index (χ4n) is 2.49. The normalized spacial score (nSPS) is 17.5. The quantitative estimate of drug-likeness (QED) is 0.658. The van der Waals surface area contributed by atoms with E-state index >= 15 is 0 Å². The average molecular weight is 353 g/mol. The number of nitrogens with zero attached hydrogens (tertiary/aromatic N) is 6. The van der Waals surface area contributed by atoms with E-state index in [1.807, 2.05) is 43.8 Å². The second-order valence-electron chi connectivity index (χ2n) is 6.23. The lowest BCUT2D eigenvalue weighted by molar-refractivity contribution is 0.271. The number of aliphatic imine (C=N–C) groups is 1. The smallest absolute Gasteiger partial charge is 0.229 e. The number of rotatable bonds is 5. The summed E-state index contributed by atoms with van der Waals surface area (Å²) in [5.74, 6) is 2.68. The number of aromatic nitrogens is 4. The molecule has 0 radical (unpaired) electrons. The number of fused-ring (bicyclic) bond motifs is 1. The van der Waals surface area contributed by atoms with E-state index in [-0.39, 0.29) is 6.04 Å². The van der Waals surface area contributed by atoms with Gasteiger partial charge in [-0.3, -0.25) is 4.57 Å².